The number of hydrogen-bond acceptors (Lipinski definition) is 23. The predicted molar refractivity (Wildman–Crippen MR) is 467 cm³/mol. The Bertz CT molecular complexity index is 5010. The van der Waals surface area contributed by atoms with E-state index in [1.54, 1.807) is 30.5 Å². The first-order chi connectivity index (χ1) is 57.5. The summed E-state index contributed by atoms with van der Waals surface area (Å²) in [5.41, 5.74) is 4.04. The van der Waals surface area contributed by atoms with Gasteiger partial charge in [0.25, 0.3) is 5.92 Å². The number of halogens is 9. The fraction of sp³-hybridized carbons (Fsp3) is 0.511. The summed E-state index contributed by atoms with van der Waals surface area (Å²) in [6.45, 7) is 23.8. The van der Waals surface area contributed by atoms with Crippen LogP contribution in [0.1, 0.15) is 219 Å². The highest BCUT2D eigenvalue weighted by atomic mass is 35.5. The van der Waals surface area contributed by atoms with Crippen LogP contribution < -0.4 is 42.5 Å². The van der Waals surface area contributed by atoms with Gasteiger partial charge in [0.1, 0.15) is 69.8 Å². The Morgan fingerprint density at radius 3 is 1.15 bits per heavy atom. The Kier molecular flexibility index (Phi) is 32.6. The molecule has 4 aromatic carbocycles. The highest BCUT2D eigenvalue weighted by Crippen LogP contribution is 2.44. The number of benzene rings is 4. The summed E-state index contributed by atoms with van der Waals surface area (Å²) < 4.78 is 104. The third-order valence-electron chi connectivity index (χ3n) is 23.5. The molecule has 0 bridgehead atoms. The second-order valence-electron chi connectivity index (χ2n) is 34.9. The lowest BCUT2D eigenvalue weighted by molar-refractivity contribution is -0.138. The summed E-state index contributed by atoms with van der Waals surface area (Å²) in [7, 11) is 0. The van der Waals surface area contributed by atoms with E-state index in [0.29, 0.717) is 145 Å². The van der Waals surface area contributed by atoms with Gasteiger partial charge in [0.05, 0.1) is 54.2 Å². The van der Waals surface area contributed by atoms with E-state index in [2.05, 4.69) is 141 Å². The van der Waals surface area contributed by atoms with Crippen molar-refractivity contribution in [1.82, 2.24) is 39.9 Å². The van der Waals surface area contributed by atoms with Crippen molar-refractivity contribution in [2.75, 3.05) is 68.7 Å². The minimum atomic E-state index is -4.36. The average molecular weight is 1720 g/mol. The molecule has 8 aromatic rings. The number of nitrogens with one attached hydrogen (secondary N) is 8. The van der Waals surface area contributed by atoms with Crippen molar-refractivity contribution in [2.45, 2.75) is 240 Å². The molecule has 4 heterocycles. The maximum absolute atomic E-state index is 13.8. The smallest absolute Gasteiger partial charge is 0.393 e. The average Bonchev–Trinajstić information content (AvgIpc) is 0.818. The summed E-state index contributed by atoms with van der Waals surface area (Å²) >= 11 is 6.02. The van der Waals surface area contributed by atoms with Gasteiger partial charge in [-0.25, -0.2) is 28.7 Å². The monoisotopic (exact) mass is 1710 g/mol. The molecule has 4 saturated carbocycles. The molecule has 12 rings (SSSR count). The van der Waals surface area contributed by atoms with Crippen LogP contribution in [0.25, 0.3) is 0 Å². The zero-order valence-corrected chi connectivity index (χ0v) is 71.6. The minimum Gasteiger partial charge on any atom is -0.393 e. The van der Waals surface area contributed by atoms with Crippen LogP contribution in [0, 0.1) is 79.8 Å². The fourth-order valence-electron chi connectivity index (χ4n) is 15.7. The van der Waals surface area contributed by atoms with Crippen molar-refractivity contribution in [3.63, 3.8) is 0 Å². The second-order valence-corrected chi connectivity index (χ2v) is 35.3. The Hall–Kier alpha value is -10.8. The van der Waals surface area contributed by atoms with Crippen molar-refractivity contribution in [3.05, 3.63) is 188 Å². The Morgan fingerprint density at radius 1 is 0.426 bits per heavy atom. The van der Waals surface area contributed by atoms with E-state index >= 15 is 0 Å². The lowest BCUT2D eigenvalue weighted by Crippen LogP contribution is -2.41. The SMILES string of the molecule is CC(F)(F)c1ccccc1CCNc1ncc(C#N)c(N[C@@H]2CC[C@H](O)C(C)(C)C2)n1.CC1(C)C[C@H](Nc2nc(NCCc3ccc(C(F)(F)F)cc3)ncc2C#N)CC[C@@H]1O.C[C@H]1CC[C@@H](Nc2nc(NCCc3cccc(C(F)(F)F)c3)ncc2C#N)CC1(C)C.Cc1cc(Cl)ccc1CCNc1ncc(C#N)c(N[C@@H]2CC[C@H](O)C(C)(C)C2)n1.[HH].[HH].[HH].[HH]. The molecule has 32 heteroatoms. The lowest BCUT2D eigenvalue weighted by atomic mass is 9.68. The first-order valence-electron chi connectivity index (χ1n) is 41.2. The number of aliphatic hydroxyl groups excluding tert-OH is 3. The molecule has 660 valence electrons. The molecule has 0 aliphatic heterocycles. The first-order valence-corrected chi connectivity index (χ1v) is 41.6. The van der Waals surface area contributed by atoms with Gasteiger partial charge >= 0.3 is 12.4 Å². The number of nitriles is 4. The maximum Gasteiger partial charge on any atom is 0.416 e. The Labute approximate surface area is 720 Å². The molecule has 0 saturated heterocycles. The Morgan fingerprint density at radius 2 is 0.787 bits per heavy atom. The van der Waals surface area contributed by atoms with Crippen LogP contribution >= 0.6 is 11.6 Å². The topological polar surface area (TPSA) is 355 Å². The number of aliphatic hydroxyl groups is 3. The van der Waals surface area contributed by atoms with Crippen molar-refractivity contribution in [2.24, 2.45) is 27.6 Å². The normalized spacial score (nSPS) is 20.7. The van der Waals surface area contributed by atoms with Crippen LogP contribution in [0.3, 0.4) is 0 Å². The third-order valence-corrected chi connectivity index (χ3v) is 23.8. The fourth-order valence-corrected chi connectivity index (χ4v) is 15.9. The molecular weight excluding hydrogens is 1600 g/mol. The quantitative estimate of drug-likeness (QED) is 0.0237. The van der Waals surface area contributed by atoms with Crippen molar-refractivity contribution in [3.8, 4) is 24.3 Å². The van der Waals surface area contributed by atoms with Crippen LogP contribution in [0.15, 0.2) is 116 Å². The number of nitrogens with zero attached hydrogens (tertiary/aromatic N) is 12. The van der Waals surface area contributed by atoms with Crippen molar-refractivity contribution >= 4 is 58.7 Å². The van der Waals surface area contributed by atoms with Gasteiger partial charge in [0.15, 0.2) is 0 Å². The number of rotatable bonds is 25. The summed E-state index contributed by atoms with van der Waals surface area (Å²) in [6.07, 6.45) is 8.27. The van der Waals surface area contributed by atoms with Crippen LogP contribution in [0.5, 0.6) is 0 Å². The third kappa shape index (κ3) is 27.6. The number of alkyl halides is 8. The number of aromatic nitrogens is 8. The van der Waals surface area contributed by atoms with Gasteiger partial charge in [-0.2, -0.15) is 67.3 Å². The van der Waals surface area contributed by atoms with E-state index in [-0.39, 0.29) is 75.4 Å². The Balaban J connectivity index is 0.000000295. The van der Waals surface area contributed by atoms with Crippen LogP contribution in [-0.4, -0.2) is 124 Å². The van der Waals surface area contributed by atoms with Gasteiger partial charge in [-0.1, -0.05) is 135 Å². The molecule has 11 N–H and O–H groups in total. The molecule has 0 unspecified atom stereocenters. The summed E-state index contributed by atoms with van der Waals surface area (Å²) in [4.78, 5) is 34.6. The van der Waals surface area contributed by atoms with E-state index in [4.69, 9.17) is 11.6 Å². The molecule has 4 aliphatic carbocycles. The van der Waals surface area contributed by atoms with E-state index < -0.39 is 29.4 Å². The summed E-state index contributed by atoms with van der Waals surface area (Å²) in [5, 5.41) is 94.7. The van der Waals surface area contributed by atoms with Crippen molar-refractivity contribution < 1.29 is 56.1 Å². The van der Waals surface area contributed by atoms with E-state index in [1.165, 1.54) is 48.4 Å². The molecular formula is C90H119ClF8N20O3. The van der Waals surface area contributed by atoms with Gasteiger partial charge in [0, 0.05) is 73.6 Å². The molecule has 122 heavy (non-hydrogen) atoms. The highest BCUT2D eigenvalue weighted by Gasteiger charge is 2.40. The van der Waals surface area contributed by atoms with E-state index in [1.807, 2.05) is 52.8 Å². The highest BCUT2D eigenvalue weighted by molar-refractivity contribution is 6.30. The predicted octanol–water partition coefficient (Wildman–Crippen LogP) is 19.8. The molecule has 4 fully saturated rings. The van der Waals surface area contributed by atoms with Gasteiger partial charge < -0.3 is 57.9 Å². The maximum atomic E-state index is 13.8. The number of aryl methyl sites for hydroxylation is 1. The first kappa shape index (κ1) is 95.0. The van der Waals surface area contributed by atoms with Gasteiger partial charge in [-0.05, 0) is 195 Å². The molecule has 0 spiro atoms. The number of anilines is 8. The summed E-state index contributed by atoms with van der Waals surface area (Å²) in [6, 6.07) is 31.7. The standard InChI is InChI=1S/C23H28F3N5.C23H29F2N5O.C22H28ClN5O.C22H26F3N5O.4H2/c1-15-7-8-19(12-22(15,2)3)30-20-17(13-27)14-29-21(31-20)28-10-9-16-5-4-6-18(11-16)23(24,25)26;1-22(2)12-17(8-9-19(22)31)29-20-16(13-26)14-28-21(30-20)27-11-10-15-6-4-5-7-18(15)23(3,24)25;1-14-10-17(23)5-4-15(14)8-9-25-21-26-13-16(12-24)20(28-21)27-18-6-7-19(29)22(2,3)11-18;1-21(2)11-17(7-8-18(21)31)29-19-15(12-26)13-28-20(30-19)27-10-9-14-3-5-16(6-4-14)22(23,24)25;;;;/h4-6,11,14-15,19H,7-10,12H2,1-3H3,(H2,28,29,30,31);4-7,14,17,19,31H,8-12H2,1-3H3,(H2,27,28,29,30);4-5,10,13,18-19,29H,6-9,11H2,1-3H3,(H2,25,26,27,28);3-6,13,17-18,31H,7-11H2,1-2H3,(H2,27,28,29,30);4*1H/t15-,19+;17-,19+;18-,19+;17-,18+;;;;/m0111..../s1. The van der Waals surface area contributed by atoms with E-state index in [0.717, 1.165) is 118 Å². The van der Waals surface area contributed by atoms with E-state index in [9.17, 15) is 71.5 Å². The largest absolute Gasteiger partial charge is 0.416 e. The van der Waals surface area contributed by atoms with Crippen LogP contribution in [0.4, 0.5) is 82.2 Å². The molecule has 0 amide bonds. The van der Waals surface area contributed by atoms with Gasteiger partial charge in [-0.15, -0.1) is 0 Å². The lowest BCUT2D eigenvalue weighted by Gasteiger charge is -2.41. The molecule has 0 radical (unpaired) electrons. The van der Waals surface area contributed by atoms with Crippen LogP contribution in [-0.2, 0) is 44.0 Å². The zero-order valence-electron chi connectivity index (χ0n) is 70.8. The second kappa shape index (κ2) is 41.8. The zero-order chi connectivity index (χ0) is 89.0. The number of hydrogen-bond donors (Lipinski definition) is 11. The van der Waals surface area contributed by atoms with Crippen LogP contribution in [0.2, 0.25) is 5.02 Å². The molecule has 23 nitrogen and oxygen atoms in total. The minimum absolute atomic E-state index is 0. The van der Waals surface area contributed by atoms with Crippen molar-refractivity contribution in [1.29, 1.82) is 21.0 Å². The van der Waals surface area contributed by atoms with Gasteiger partial charge in [0.2, 0.25) is 23.8 Å². The van der Waals surface area contributed by atoms with Gasteiger partial charge in [-0.3, -0.25) is 0 Å². The molecule has 8 atom stereocenters. The molecule has 4 aliphatic rings. The molecule has 4 aromatic heterocycles. The summed E-state index contributed by atoms with van der Waals surface area (Å²) in [5.74, 6) is 1.16.